The molecule has 31 heavy (non-hydrogen) atoms. The van der Waals surface area contributed by atoms with Gasteiger partial charge in [-0.2, -0.15) is 13.2 Å². The van der Waals surface area contributed by atoms with Crippen molar-refractivity contribution in [3.63, 3.8) is 0 Å². The standard InChI is InChI=1S/C20H15F4N5O2/c1-19(31,11-29-10-16(27-28-29)13-3-5-14(21)6-4-13)17(30)8-12-7-15(20(22,23)24)18(25-2)26-9-12/h3-7,9-10,31H,8,11H2,1H3/t19-/m0/s1. The lowest BCUT2D eigenvalue weighted by Gasteiger charge is -2.21. The van der Waals surface area contributed by atoms with E-state index in [2.05, 4.69) is 20.1 Å². The fourth-order valence-corrected chi connectivity index (χ4v) is 2.80. The molecule has 0 saturated carbocycles. The van der Waals surface area contributed by atoms with E-state index in [1.165, 1.54) is 42.1 Å². The number of halogens is 4. The molecule has 1 aromatic carbocycles. The number of carbonyl (C=O) groups excluding carboxylic acids is 1. The van der Waals surface area contributed by atoms with E-state index >= 15 is 0 Å². The van der Waals surface area contributed by atoms with Gasteiger partial charge >= 0.3 is 6.18 Å². The predicted molar refractivity (Wildman–Crippen MR) is 100 cm³/mol. The van der Waals surface area contributed by atoms with Gasteiger partial charge in [0.15, 0.2) is 5.78 Å². The highest BCUT2D eigenvalue weighted by molar-refractivity contribution is 5.88. The van der Waals surface area contributed by atoms with Crippen LogP contribution in [0.5, 0.6) is 0 Å². The van der Waals surface area contributed by atoms with E-state index in [9.17, 15) is 27.5 Å². The maximum atomic E-state index is 13.1. The molecule has 2 heterocycles. The molecule has 0 aliphatic rings. The molecular weight excluding hydrogens is 418 g/mol. The zero-order valence-corrected chi connectivity index (χ0v) is 16.1. The first-order chi connectivity index (χ1) is 14.5. The summed E-state index contributed by atoms with van der Waals surface area (Å²) in [5.41, 5.74) is -2.34. The Hall–Kier alpha value is -3.65. The fourth-order valence-electron chi connectivity index (χ4n) is 2.80. The third-order valence-electron chi connectivity index (χ3n) is 4.45. The normalized spacial score (nSPS) is 13.5. The van der Waals surface area contributed by atoms with Crippen molar-refractivity contribution in [1.82, 2.24) is 20.0 Å². The van der Waals surface area contributed by atoms with Crippen molar-refractivity contribution >= 4 is 11.6 Å². The Kier molecular flexibility index (Phi) is 5.85. The van der Waals surface area contributed by atoms with E-state index in [0.717, 1.165) is 6.20 Å². The molecule has 7 nitrogen and oxygen atoms in total. The van der Waals surface area contributed by atoms with Crippen molar-refractivity contribution in [1.29, 1.82) is 0 Å². The molecule has 1 N–H and O–H groups in total. The van der Waals surface area contributed by atoms with Crippen LogP contribution >= 0.6 is 0 Å². The third kappa shape index (κ3) is 5.10. The number of nitrogens with zero attached hydrogens (tertiary/aromatic N) is 5. The van der Waals surface area contributed by atoms with E-state index in [0.29, 0.717) is 17.3 Å². The molecule has 0 aliphatic heterocycles. The molecule has 0 unspecified atom stereocenters. The molecule has 1 atom stereocenters. The molecule has 2 aromatic heterocycles. The van der Waals surface area contributed by atoms with Gasteiger partial charge in [-0.1, -0.05) is 17.9 Å². The van der Waals surface area contributed by atoms with Crippen molar-refractivity contribution in [2.75, 3.05) is 0 Å². The number of carbonyl (C=O) groups is 1. The molecule has 3 rings (SSSR count). The van der Waals surface area contributed by atoms with Gasteiger partial charge in [0.05, 0.1) is 18.3 Å². The van der Waals surface area contributed by atoms with Crippen LogP contribution in [-0.4, -0.2) is 36.5 Å². The number of benzene rings is 1. The lowest BCUT2D eigenvalue weighted by Crippen LogP contribution is -2.41. The summed E-state index contributed by atoms with van der Waals surface area (Å²) in [5, 5.41) is 18.3. The molecule has 0 saturated heterocycles. The minimum absolute atomic E-state index is 0.0874. The van der Waals surface area contributed by atoms with E-state index in [1.807, 2.05) is 0 Å². The predicted octanol–water partition coefficient (Wildman–Crippen LogP) is 3.61. The molecule has 0 bridgehead atoms. The third-order valence-corrected chi connectivity index (χ3v) is 4.45. The highest BCUT2D eigenvalue weighted by atomic mass is 19.4. The van der Waals surface area contributed by atoms with Crippen molar-refractivity contribution in [3.05, 3.63) is 71.1 Å². The van der Waals surface area contributed by atoms with Gasteiger partial charge in [0.1, 0.15) is 23.3 Å². The number of alkyl halides is 3. The van der Waals surface area contributed by atoms with Crippen LogP contribution < -0.4 is 0 Å². The van der Waals surface area contributed by atoms with Gasteiger partial charge < -0.3 is 9.95 Å². The average molecular weight is 433 g/mol. The van der Waals surface area contributed by atoms with Gasteiger partial charge in [0.2, 0.25) is 0 Å². The van der Waals surface area contributed by atoms with Crippen LogP contribution in [0.2, 0.25) is 0 Å². The Morgan fingerprint density at radius 1 is 1.26 bits per heavy atom. The van der Waals surface area contributed by atoms with Crippen LogP contribution in [0.4, 0.5) is 23.4 Å². The molecule has 0 spiro atoms. The summed E-state index contributed by atoms with van der Waals surface area (Å²) in [6, 6.07) is 6.15. The highest BCUT2D eigenvalue weighted by Crippen LogP contribution is 2.35. The van der Waals surface area contributed by atoms with Gasteiger partial charge in [0, 0.05) is 17.5 Å². The van der Waals surface area contributed by atoms with Gasteiger partial charge in [-0.3, -0.25) is 4.79 Å². The summed E-state index contributed by atoms with van der Waals surface area (Å²) in [4.78, 5) is 18.7. The van der Waals surface area contributed by atoms with Crippen LogP contribution in [0.25, 0.3) is 16.1 Å². The van der Waals surface area contributed by atoms with Crippen LogP contribution in [-0.2, 0) is 23.9 Å². The molecule has 0 amide bonds. The number of aromatic nitrogens is 4. The van der Waals surface area contributed by atoms with Crippen molar-refractivity contribution in [2.45, 2.75) is 31.7 Å². The maximum absolute atomic E-state index is 13.1. The maximum Gasteiger partial charge on any atom is 0.409 e. The van der Waals surface area contributed by atoms with E-state index in [1.54, 1.807) is 0 Å². The topological polar surface area (TPSA) is 85.3 Å². The first kappa shape index (κ1) is 22.0. The Bertz CT molecular complexity index is 1150. The monoisotopic (exact) mass is 433 g/mol. The number of aliphatic hydroxyl groups is 1. The molecule has 160 valence electrons. The van der Waals surface area contributed by atoms with Crippen LogP contribution in [0, 0.1) is 12.4 Å². The number of Topliss-reactive ketones (excluding diaryl/α,β-unsaturated/α-hetero) is 1. The lowest BCUT2D eigenvalue weighted by atomic mass is 9.95. The van der Waals surface area contributed by atoms with Crippen molar-refractivity contribution < 1.29 is 27.5 Å². The second kappa shape index (κ2) is 8.23. The van der Waals surface area contributed by atoms with E-state index < -0.39 is 41.2 Å². The molecule has 0 fully saturated rings. The van der Waals surface area contributed by atoms with Gasteiger partial charge in [0.25, 0.3) is 5.82 Å². The van der Waals surface area contributed by atoms with Gasteiger partial charge in [-0.05, 0) is 31.2 Å². The van der Waals surface area contributed by atoms with Crippen LogP contribution in [0.15, 0.2) is 42.7 Å². The summed E-state index contributed by atoms with van der Waals surface area (Å²) in [6.45, 7) is 7.70. The number of hydrogen-bond acceptors (Lipinski definition) is 5. The van der Waals surface area contributed by atoms with Crippen molar-refractivity contribution in [3.8, 4) is 11.3 Å². The van der Waals surface area contributed by atoms with Gasteiger partial charge in [-0.25, -0.2) is 9.07 Å². The largest absolute Gasteiger partial charge is 0.409 e. The quantitative estimate of drug-likeness (QED) is 0.474. The summed E-state index contributed by atoms with van der Waals surface area (Å²) >= 11 is 0. The smallest absolute Gasteiger partial charge is 0.380 e. The molecule has 0 radical (unpaired) electrons. The zero-order chi connectivity index (χ0) is 22.8. The number of ketones is 1. The van der Waals surface area contributed by atoms with E-state index in [-0.39, 0.29) is 12.1 Å². The fraction of sp³-hybridized carbons (Fsp3) is 0.250. The Balaban J connectivity index is 1.75. The SMILES string of the molecule is [C-]#[N+]c1ncc(CC(=O)[C@@](C)(O)Cn2cc(-c3ccc(F)cc3)nn2)cc1C(F)(F)F. The summed E-state index contributed by atoms with van der Waals surface area (Å²) in [5.74, 6) is -2.00. The Morgan fingerprint density at radius 2 is 1.94 bits per heavy atom. The Morgan fingerprint density at radius 3 is 2.55 bits per heavy atom. The van der Waals surface area contributed by atoms with Crippen molar-refractivity contribution in [2.24, 2.45) is 0 Å². The molecule has 0 aliphatic carbocycles. The summed E-state index contributed by atoms with van der Waals surface area (Å²) in [7, 11) is 0. The van der Waals surface area contributed by atoms with Crippen LogP contribution in [0.1, 0.15) is 18.1 Å². The molecular formula is C20H15F4N5O2. The highest BCUT2D eigenvalue weighted by Gasteiger charge is 2.36. The van der Waals surface area contributed by atoms with Gasteiger partial charge in [-0.15, -0.1) is 10.1 Å². The molecule has 11 heteroatoms. The van der Waals surface area contributed by atoms with E-state index in [4.69, 9.17) is 6.57 Å². The summed E-state index contributed by atoms with van der Waals surface area (Å²) in [6.07, 6.45) is -2.88. The first-order valence-corrected chi connectivity index (χ1v) is 8.85. The lowest BCUT2D eigenvalue weighted by molar-refractivity contribution is -0.138. The second-order valence-electron chi connectivity index (χ2n) is 7.01. The van der Waals surface area contributed by atoms with Crippen LogP contribution in [0.3, 0.4) is 0 Å². The number of pyridine rings is 1. The zero-order valence-electron chi connectivity index (χ0n) is 16.1. The second-order valence-corrected chi connectivity index (χ2v) is 7.01. The number of hydrogen-bond donors (Lipinski definition) is 1. The minimum Gasteiger partial charge on any atom is -0.380 e. The first-order valence-electron chi connectivity index (χ1n) is 8.85. The Labute approximate surface area is 173 Å². The average Bonchev–Trinajstić information content (AvgIpc) is 3.15. The number of rotatable bonds is 6. The summed E-state index contributed by atoms with van der Waals surface area (Å²) < 4.78 is 53.5. The minimum atomic E-state index is -4.80. The molecule has 3 aromatic rings.